The van der Waals surface area contributed by atoms with Crippen molar-refractivity contribution in [1.82, 2.24) is 19.8 Å². The third kappa shape index (κ3) is 3.51. The van der Waals surface area contributed by atoms with Gasteiger partial charge in [-0.15, -0.1) is 0 Å². The van der Waals surface area contributed by atoms with E-state index in [4.69, 9.17) is 5.26 Å². The van der Waals surface area contributed by atoms with Crippen molar-refractivity contribution in [2.24, 2.45) is 0 Å². The first-order valence-electron chi connectivity index (χ1n) is 8.93. The first-order valence-corrected chi connectivity index (χ1v) is 14.5. The molecule has 0 unspecified atom stereocenters. The zero-order chi connectivity index (χ0) is 20.4. The van der Waals surface area contributed by atoms with Gasteiger partial charge >= 0.3 is 172 Å². The van der Waals surface area contributed by atoms with Gasteiger partial charge in [-0.3, -0.25) is 0 Å². The Kier molecular flexibility index (Phi) is 6.03. The summed E-state index contributed by atoms with van der Waals surface area (Å²) in [5.41, 5.74) is 3.26. The summed E-state index contributed by atoms with van der Waals surface area (Å²) in [5, 5.41) is 9.68. The Bertz CT molecular complexity index is 988. The van der Waals surface area contributed by atoms with Gasteiger partial charge in [0, 0.05) is 0 Å². The van der Waals surface area contributed by atoms with E-state index in [-0.39, 0.29) is 18.2 Å². The van der Waals surface area contributed by atoms with Crippen molar-refractivity contribution in [2.45, 2.75) is 23.9 Å². The van der Waals surface area contributed by atoms with Crippen LogP contribution in [0.1, 0.15) is 34.8 Å². The zero-order valence-electron chi connectivity index (χ0n) is 16.5. The van der Waals surface area contributed by atoms with E-state index in [0.717, 1.165) is 16.5 Å². The second-order valence-electron chi connectivity index (χ2n) is 6.87. The number of allylic oxidation sites excluding steroid dienone is 1. The van der Waals surface area contributed by atoms with Crippen LogP contribution in [0.15, 0.2) is 18.5 Å². The molecule has 1 aliphatic heterocycles. The number of H-pyrrole nitrogens is 1. The van der Waals surface area contributed by atoms with Gasteiger partial charge in [0.25, 0.3) is 0 Å². The average molecular weight is 493 g/mol. The third-order valence-corrected chi connectivity index (χ3v) is 8.40. The van der Waals surface area contributed by atoms with Crippen LogP contribution in [0.3, 0.4) is 0 Å². The van der Waals surface area contributed by atoms with Crippen LogP contribution < -0.4 is 0 Å². The van der Waals surface area contributed by atoms with Crippen LogP contribution in [-0.2, 0) is 11.3 Å². The van der Waals surface area contributed by atoms with Crippen molar-refractivity contribution in [1.29, 1.82) is 5.26 Å². The van der Waals surface area contributed by atoms with Crippen LogP contribution in [0.2, 0.25) is 0 Å². The van der Waals surface area contributed by atoms with Crippen LogP contribution in [-0.4, -0.2) is 59.1 Å². The predicted octanol–water partition coefficient (Wildman–Crippen LogP) is 3.02. The molecule has 0 spiro atoms. The molecule has 0 saturated heterocycles. The van der Waals surface area contributed by atoms with Crippen molar-refractivity contribution in [3.63, 3.8) is 0 Å². The van der Waals surface area contributed by atoms with Crippen LogP contribution in [0.25, 0.3) is 17.1 Å². The number of carbonyl (C=O) groups excluding carboxylic acids is 2. The molecule has 1 N–H and O–H groups in total. The first-order chi connectivity index (χ1) is 13.4. The molecule has 3 rings (SSSR count). The molecule has 0 aromatic carbocycles. The molecular weight excluding hydrogens is 469 g/mol. The van der Waals surface area contributed by atoms with E-state index in [1.165, 1.54) is 0 Å². The number of nitriles is 1. The van der Waals surface area contributed by atoms with E-state index in [1.54, 1.807) is 29.2 Å². The fraction of sp³-hybridized carbons (Fsp3) is 0.400. The summed E-state index contributed by atoms with van der Waals surface area (Å²) in [7, 11) is 1.71. The summed E-state index contributed by atoms with van der Waals surface area (Å²) in [5.74, 6) is -0.202. The Balaban J connectivity index is 2.04. The van der Waals surface area contributed by atoms with Crippen LogP contribution >= 0.6 is 19.8 Å². The van der Waals surface area contributed by atoms with Gasteiger partial charge in [-0.05, 0) is 0 Å². The van der Waals surface area contributed by atoms with Gasteiger partial charge in [-0.25, -0.2) is 0 Å². The Morgan fingerprint density at radius 3 is 2.93 bits per heavy atom. The van der Waals surface area contributed by atoms with E-state index in [1.807, 2.05) is 19.1 Å². The van der Waals surface area contributed by atoms with Gasteiger partial charge in [-0.1, -0.05) is 0 Å². The van der Waals surface area contributed by atoms with E-state index in [0.29, 0.717) is 24.3 Å². The molecule has 3 heterocycles. The average Bonchev–Trinajstić information content (AvgIpc) is 3.10. The predicted molar refractivity (Wildman–Crippen MR) is 118 cm³/mol. The van der Waals surface area contributed by atoms with E-state index in [2.05, 4.69) is 25.9 Å². The second-order valence-corrected chi connectivity index (χ2v) is 12.7. The number of alkyl halides is 3. The minimum atomic E-state index is -1.75. The number of carbonyl (C=O) groups is 2. The SMILES string of the molecule is C/C=C/c1cnc2[nH]cc3c2c1CN([C@@H](C(=O)N(C)CCC#N)I(C)C)C3=O. The quantitative estimate of drug-likeness (QED) is 0.381. The van der Waals surface area contributed by atoms with Crippen LogP contribution in [0, 0.1) is 11.3 Å². The van der Waals surface area contributed by atoms with E-state index < -0.39 is 23.9 Å². The maximum atomic E-state index is 13.3. The molecule has 28 heavy (non-hydrogen) atoms. The summed E-state index contributed by atoms with van der Waals surface area (Å²) in [4.78, 5) is 41.5. The first kappa shape index (κ1) is 20.3. The molecule has 0 aliphatic carbocycles. The Labute approximate surface area is 171 Å². The molecule has 1 aliphatic rings. The topological polar surface area (TPSA) is 93.1 Å². The van der Waals surface area contributed by atoms with Crippen molar-refractivity contribution in [3.05, 3.63) is 35.2 Å². The molecule has 0 fully saturated rings. The van der Waals surface area contributed by atoms with Crippen molar-refractivity contribution in [3.8, 4) is 6.07 Å². The molecule has 148 valence electrons. The number of hydrogen-bond acceptors (Lipinski definition) is 4. The Morgan fingerprint density at radius 2 is 2.29 bits per heavy atom. The van der Waals surface area contributed by atoms with Gasteiger partial charge in [0.05, 0.1) is 0 Å². The number of rotatable bonds is 6. The second kappa shape index (κ2) is 8.31. The monoisotopic (exact) mass is 493 g/mol. The molecule has 7 nitrogen and oxygen atoms in total. The molecular formula is C20H24IN5O2. The maximum absolute atomic E-state index is 13.3. The summed E-state index contributed by atoms with van der Waals surface area (Å²) in [6.45, 7) is 2.70. The number of nitrogens with one attached hydrogen (secondary N) is 1. The van der Waals surface area contributed by atoms with E-state index in [9.17, 15) is 9.59 Å². The summed E-state index contributed by atoms with van der Waals surface area (Å²) < 4.78 is -0.440. The van der Waals surface area contributed by atoms with Gasteiger partial charge in [0.1, 0.15) is 0 Å². The number of likely N-dealkylation sites (N-methyl/N-ethyl adjacent to an activating group) is 1. The molecule has 0 bridgehead atoms. The van der Waals surface area contributed by atoms with Crippen molar-refractivity contribution in [2.75, 3.05) is 23.5 Å². The normalized spacial score (nSPS) is 15.0. The number of aromatic nitrogens is 2. The van der Waals surface area contributed by atoms with Crippen molar-refractivity contribution < 1.29 is 9.59 Å². The number of amides is 2. The summed E-state index contributed by atoms with van der Waals surface area (Å²) in [6.07, 6.45) is 7.71. The van der Waals surface area contributed by atoms with Gasteiger partial charge in [0.2, 0.25) is 0 Å². The number of hydrogen-bond donors (Lipinski definition) is 1. The fourth-order valence-corrected chi connectivity index (χ4v) is 6.82. The van der Waals surface area contributed by atoms with E-state index >= 15 is 0 Å². The molecule has 2 aromatic heterocycles. The Morgan fingerprint density at radius 1 is 1.54 bits per heavy atom. The molecule has 2 aromatic rings. The fourth-order valence-electron chi connectivity index (χ4n) is 3.48. The minimum absolute atomic E-state index is 0.0735. The number of pyridine rings is 1. The number of halogens is 1. The molecule has 0 radical (unpaired) electrons. The van der Waals surface area contributed by atoms with Gasteiger partial charge in [-0.2, -0.15) is 0 Å². The third-order valence-electron chi connectivity index (χ3n) is 4.83. The number of nitrogens with zero attached hydrogens (tertiary/aromatic N) is 4. The Hall–Kier alpha value is -2.41. The summed E-state index contributed by atoms with van der Waals surface area (Å²) >= 11 is -1.75. The van der Waals surface area contributed by atoms with Gasteiger partial charge < -0.3 is 0 Å². The molecule has 1 atom stereocenters. The van der Waals surface area contributed by atoms with Crippen LogP contribution in [0.4, 0.5) is 0 Å². The number of aromatic amines is 1. The zero-order valence-corrected chi connectivity index (χ0v) is 18.6. The van der Waals surface area contributed by atoms with Crippen molar-refractivity contribution >= 4 is 48.7 Å². The standard InChI is InChI=1S/C20H24IN5O2/c1-5-7-13-10-23-18-16-14(11-24-18)19(27)26(12-15(13)16)17(21(2)3)20(28)25(4)9-6-8-22/h5,7,10-11,17H,6,9,12H2,1-4H3,(H,23,24)/b7-5+/t17-/m0/s1. The summed E-state index contributed by atoms with van der Waals surface area (Å²) in [6, 6.07) is 2.07. The molecule has 0 saturated carbocycles. The molecule has 2 amide bonds. The van der Waals surface area contributed by atoms with Gasteiger partial charge in [0.15, 0.2) is 0 Å². The molecule has 8 heteroatoms. The van der Waals surface area contributed by atoms with Crippen LogP contribution in [0.5, 0.6) is 0 Å².